The van der Waals surface area contributed by atoms with E-state index in [2.05, 4.69) is 27.4 Å². The van der Waals surface area contributed by atoms with Gasteiger partial charge < -0.3 is 10.2 Å². The molecule has 0 aliphatic carbocycles. The third-order valence-electron chi connectivity index (χ3n) is 4.65. The van der Waals surface area contributed by atoms with E-state index in [1.54, 1.807) is 6.20 Å². The van der Waals surface area contributed by atoms with Gasteiger partial charge in [0.15, 0.2) is 0 Å². The number of thiophene rings is 1. The lowest BCUT2D eigenvalue weighted by atomic mass is 10.2. The molecule has 0 spiro atoms. The molecular formula is C18H19ClN4OS. The summed E-state index contributed by atoms with van der Waals surface area (Å²) in [6.45, 7) is 3.58. The number of pyridine rings is 1. The maximum Gasteiger partial charge on any atom is 0.321 e. The SMILES string of the molecule is O=C(Nc1ccc(-c2ccc(Cl)s2)nc1)N1CCC(N2CC=CC2)C1. The molecule has 130 valence electrons. The van der Waals surface area contributed by atoms with Crippen LogP contribution in [0.1, 0.15) is 6.42 Å². The minimum absolute atomic E-state index is 0.0524. The van der Waals surface area contributed by atoms with E-state index in [0.29, 0.717) is 11.7 Å². The van der Waals surface area contributed by atoms with Crippen LogP contribution in [0, 0.1) is 0 Å². The van der Waals surface area contributed by atoms with E-state index >= 15 is 0 Å². The summed E-state index contributed by atoms with van der Waals surface area (Å²) < 4.78 is 0.742. The van der Waals surface area contributed by atoms with Crippen molar-refractivity contribution < 1.29 is 4.79 Å². The van der Waals surface area contributed by atoms with Crippen molar-refractivity contribution in [2.24, 2.45) is 0 Å². The zero-order valence-corrected chi connectivity index (χ0v) is 15.3. The summed E-state index contributed by atoms with van der Waals surface area (Å²) in [7, 11) is 0. The Labute approximate surface area is 155 Å². The average Bonchev–Trinajstić information content (AvgIpc) is 3.36. The number of nitrogens with zero attached hydrogens (tertiary/aromatic N) is 3. The number of hydrogen-bond donors (Lipinski definition) is 1. The quantitative estimate of drug-likeness (QED) is 0.828. The number of aromatic nitrogens is 1. The number of hydrogen-bond acceptors (Lipinski definition) is 4. The summed E-state index contributed by atoms with van der Waals surface area (Å²) in [5.74, 6) is 0. The van der Waals surface area contributed by atoms with Crippen molar-refractivity contribution in [2.75, 3.05) is 31.5 Å². The van der Waals surface area contributed by atoms with Crippen LogP contribution in [0.2, 0.25) is 4.34 Å². The Hall–Kier alpha value is -1.89. The molecule has 5 nitrogen and oxygen atoms in total. The number of carbonyl (C=O) groups is 1. The molecule has 0 aromatic carbocycles. The van der Waals surface area contributed by atoms with Crippen molar-refractivity contribution in [3.05, 3.63) is 47.0 Å². The Morgan fingerprint density at radius 1 is 1.24 bits per heavy atom. The van der Waals surface area contributed by atoms with Crippen LogP contribution < -0.4 is 5.32 Å². The zero-order chi connectivity index (χ0) is 17.2. The molecule has 1 atom stereocenters. The second-order valence-corrected chi connectivity index (χ2v) is 7.99. The van der Waals surface area contributed by atoms with Crippen LogP contribution in [0.5, 0.6) is 0 Å². The van der Waals surface area contributed by atoms with Crippen LogP contribution in [-0.4, -0.2) is 53.0 Å². The minimum Gasteiger partial charge on any atom is -0.323 e. The van der Waals surface area contributed by atoms with E-state index in [0.717, 1.165) is 47.5 Å². The first kappa shape index (κ1) is 16.6. The Bertz CT molecular complexity index is 781. The van der Waals surface area contributed by atoms with Crippen molar-refractivity contribution in [1.82, 2.24) is 14.8 Å². The lowest BCUT2D eigenvalue weighted by Crippen LogP contribution is -2.38. The summed E-state index contributed by atoms with van der Waals surface area (Å²) in [4.78, 5) is 22.2. The number of amides is 2. The maximum atomic E-state index is 12.5. The first-order valence-electron chi connectivity index (χ1n) is 8.36. The predicted molar refractivity (Wildman–Crippen MR) is 102 cm³/mol. The number of halogens is 1. The molecule has 2 aromatic rings. The highest BCUT2D eigenvalue weighted by atomic mass is 35.5. The van der Waals surface area contributed by atoms with Crippen molar-refractivity contribution in [3.8, 4) is 10.6 Å². The number of anilines is 1. The molecule has 1 saturated heterocycles. The van der Waals surface area contributed by atoms with Gasteiger partial charge in [-0.05, 0) is 30.7 Å². The van der Waals surface area contributed by atoms with Crippen LogP contribution in [-0.2, 0) is 0 Å². The molecule has 7 heteroatoms. The van der Waals surface area contributed by atoms with E-state index in [4.69, 9.17) is 11.6 Å². The van der Waals surface area contributed by atoms with E-state index in [9.17, 15) is 4.79 Å². The molecule has 4 heterocycles. The predicted octanol–water partition coefficient (Wildman–Crippen LogP) is 3.94. The third kappa shape index (κ3) is 3.71. The zero-order valence-electron chi connectivity index (χ0n) is 13.7. The molecule has 2 aromatic heterocycles. The number of urea groups is 1. The fourth-order valence-corrected chi connectivity index (χ4v) is 4.30. The van der Waals surface area contributed by atoms with E-state index in [1.165, 1.54) is 11.3 Å². The number of nitrogens with one attached hydrogen (secondary N) is 1. The van der Waals surface area contributed by atoms with Gasteiger partial charge in [0.25, 0.3) is 0 Å². The van der Waals surface area contributed by atoms with Gasteiger partial charge in [0.1, 0.15) is 0 Å². The number of carbonyl (C=O) groups excluding carboxylic acids is 1. The van der Waals surface area contributed by atoms with Crippen LogP contribution in [0.3, 0.4) is 0 Å². The lowest BCUT2D eigenvalue weighted by molar-refractivity contribution is 0.212. The van der Waals surface area contributed by atoms with Gasteiger partial charge in [-0.1, -0.05) is 23.8 Å². The molecule has 0 radical (unpaired) electrons. The van der Waals surface area contributed by atoms with Crippen LogP contribution in [0.4, 0.5) is 10.5 Å². The molecule has 2 aliphatic rings. The summed E-state index contributed by atoms with van der Waals surface area (Å²) >= 11 is 7.45. The van der Waals surface area contributed by atoms with Crippen LogP contribution in [0.25, 0.3) is 10.6 Å². The van der Waals surface area contributed by atoms with E-state index in [1.807, 2.05) is 29.2 Å². The first-order chi connectivity index (χ1) is 12.2. The molecule has 25 heavy (non-hydrogen) atoms. The monoisotopic (exact) mass is 374 g/mol. The Morgan fingerprint density at radius 3 is 2.76 bits per heavy atom. The van der Waals surface area contributed by atoms with Crippen molar-refractivity contribution in [3.63, 3.8) is 0 Å². The molecule has 2 amide bonds. The standard InChI is InChI=1S/C18H19ClN4OS/c19-17-6-5-16(25-17)15-4-3-13(11-20-15)21-18(24)23-10-7-14(12-23)22-8-1-2-9-22/h1-6,11,14H,7-10,12H2,(H,21,24). The third-order valence-corrected chi connectivity index (χ3v) is 5.91. The Morgan fingerprint density at radius 2 is 2.08 bits per heavy atom. The fourth-order valence-electron chi connectivity index (χ4n) is 3.28. The highest BCUT2D eigenvalue weighted by Crippen LogP contribution is 2.30. The van der Waals surface area contributed by atoms with Gasteiger partial charge in [-0.3, -0.25) is 9.88 Å². The van der Waals surface area contributed by atoms with E-state index < -0.39 is 0 Å². The van der Waals surface area contributed by atoms with Gasteiger partial charge in [-0.2, -0.15) is 0 Å². The Kier molecular flexibility index (Phi) is 4.74. The molecule has 0 saturated carbocycles. The van der Waals surface area contributed by atoms with Crippen molar-refractivity contribution in [1.29, 1.82) is 0 Å². The van der Waals surface area contributed by atoms with Gasteiger partial charge in [0.05, 0.1) is 26.8 Å². The molecule has 0 bridgehead atoms. The van der Waals surface area contributed by atoms with Gasteiger partial charge >= 0.3 is 6.03 Å². The second kappa shape index (κ2) is 7.15. The summed E-state index contributed by atoms with van der Waals surface area (Å²) in [6, 6.07) is 8.00. The minimum atomic E-state index is -0.0524. The number of likely N-dealkylation sites (tertiary alicyclic amines) is 1. The summed E-state index contributed by atoms with van der Waals surface area (Å²) in [5, 5.41) is 2.95. The van der Waals surface area contributed by atoms with Crippen molar-refractivity contribution in [2.45, 2.75) is 12.5 Å². The highest BCUT2D eigenvalue weighted by molar-refractivity contribution is 7.19. The first-order valence-corrected chi connectivity index (χ1v) is 9.55. The summed E-state index contributed by atoms with van der Waals surface area (Å²) in [6.07, 6.45) is 7.11. The Balaban J connectivity index is 1.35. The van der Waals surface area contributed by atoms with Gasteiger partial charge in [0, 0.05) is 32.2 Å². The highest BCUT2D eigenvalue weighted by Gasteiger charge is 2.30. The number of rotatable bonds is 3. The molecular weight excluding hydrogens is 356 g/mol. The fraction of sp³-hybridized carbons (Fsp3) is 0.333. The second-order valence-electron chi connectivity index (χ2n) is 6.28. The smallest absolute Gasteiger partial charge is 0.321 e. The molecule has 4 rings (SSSR count). The molecule has 2 aliphatic heterocycles. The van der Waals surface area contributed by atoms with Gasteiger partial charge in [-0.15, -0.1) is 11.3 Å². The molecule has 1 fully saturated rings. The van der Waals surface area contributed by atoms with Gasteiger partial charge in [-0.25, -0.2) is 4.79 Å². The van der Waals surface area contributed by atoms with Crippen LogP contribution >= 0.6 is 22.9 Å². The van der Waals surface area contributed by atoms with Gasteiger partial charge in [0.2, 0.25) is 0 Å². The topological polar surface area (TPSA) is 48.5 Å². The average molecular weight is 375 g/mol. The lowest BCUT2D eigenvalue weighted by Gasteiger charge is -2.23. The van der Waals surface area contributed by atoms with Crippen molar-refractivity contribution >= 4 is 34.7 Å². The molecule has 1 N–H and O–H groups in total. The van der Waals surface area contributed by atoms with E-state index in [-0.39, 0.29) is 6.03 Å². The van der Waals surface area contributed by atoms with Crippen LogP contribution in [0.15, 0.2) is 42.6 Å². The normalized spacial score (nSPS) is 20.4. The maximum absolute atomic E-state index is 12.5. The molecule has 1 unspecified atom stereocenters. The summed E-state index contributed by atoms with van der Waals surface area (Å²) in [5.41, 5.74) is 1.57. The largest absolute Gasteiger partial charge is 0.323 e.